The Morgan fingerprint density at radius 1 is 0.605 bits per heavy atom. The van der Waals surface area contributed by atoms with Gasteiger partial charge in [0.1, 0.15) is 0 Å². The van der Waals surface area contributed by atoms with Crippen LogP contribution in [0, 0.1) is 6.92 Å². The summed E-state index contributed by atoms with van der Waals surface area (Å²) in [5, 5.41) is 28.6. The van der Waals surface area contributed by atoms with E-state index in [2.05, 4.69) is 35.9 Å². The van der Waals surface area contributed by atoms with E-state index in [1.807, 2.05) is 37.3 Å². The normalized spacial score (nSPS) is 10.7. The number of fused-ring (bicyclic) bond motifs is 1. The van der Waals surface area contributed by atoms with Crippen LogP contribution in [0.15, 0.2) is 78.9 Å². The molecule has 2 heterocycles. The molecule has 11 heteroatoms. The van der Waals surface area contributed by atoms with Crippen LogP contribution >= 0.6 is 0 Å². The van der Waals surface area contributed by atoms with E-state index in [-0.39, 0.29) is 29.0 Å². The fourth-order valence-corrected chi connectivity index (χ4v) is 3.66. The number of aryl methyl sites for hydroxylation is 1. The first-order valence-corrected chi connectivity index (χ1v) is 11.4. The third-order valence-corrected chi connectivity index (χ3v) is 5.52. The molecule has 0 atom stereocenters. The number of nitrogens with zero attached hydrogens (tertiary/aromatic N) is 4. The standard InChI is InChI=1S/C27H21N7O4/c1-15-5-6-16-3-2-4-21(22(16)28-15)31-27-33-25(29-19-11-7-17(8-12-19)23(35)36)32-26(34-27)30-20-13-9-18(10-14-20)24(37)38/h2-14H,1H3,(H,35,36)(H,37,38)(H3,29,30,31,32,33,34). The molecule has 2 aromatic heterocycles. The first-order valence-electron chi connectivity index (χ1n) is 11.4. The number of benzene rings is 3. The number of aromatic carboxylic acids is 2. The van der Waals surface area contributed by atoms with Gasteiger partial charge < -0.3 is 26.2 Å². The van der Waals surface area contributed by atoms with Gasteiger partial charge in [0, 0.05) is 22.5 Å². The second-order valence-electron chi connectivity index (χ2n) is 8.28. The number of para-hydroxylation sites is 1. The van der Waals surface area contributed by atoms with E-state index in [0.29, 0.717) is 17.1 Å². The molecule has 0 aliphatic rings. The molecule has 0 unspecified atom stereocenters. The highest BCUT2D eigenvalue weighted by Gasteiger charge is 2.12. The monoisotopic (exact) mass is 507 g/mol. The van der Waals surface area contributed by atoms with Crippen LogP contribution < -0.4 is 16.0 Å². The minimum atomic E-state index is -1.03. The summed E-state index contributed by atoms with van der Waals surface area (Å²) in [6.07, 6.45) is 0. The molecule has 11 nitrogen and oxygen atoms in total. The van der Waals surface area contributed by atoms with Crippen LogP contribution in [0.4, 0.5) is 34.9 Å². The Bertz CT molecular complexity index is 1580. The zero-order valence-corrected chi connectivity index (χ0v) is 20.0. The minimum Gasteiger partial charge on any atom is -0.478 e. The van der Waals surface area contributed by atoms with Crippen molar-refractivity contribution in [2.45, 2.75) is 6.92 Å². The number of carboxylic acids is 2. The summed E-state index contributed by atoms with van der Waals surface area (Å²) >= 11 is 0. The molecule has 0 saturated carbocycles. The predicted molar refractivity (Wildman–Crippen MR) is 143 cm³/mol. The summed E-state index contributed by atoms with van der Waals surface area (Å²) in [6, 6.07) is 22.0. The largest absolute Gasteiger partial charge is 0.478 e. The number of rotatable bonds is 8. The molecular weight excluding hydrogens is 486 g/mol. The lowest BCUT2D eigenvalue weighted by Crippen LogP contribution is -2.08. The Morgan fingerprint density at radius 2 is 1.11 bits per heavy atom. The van der Waals surface area contributed by atoms with Crippen molar-refractivity contribution in [3.63, 3.8) is 0 Å². The van der Waals surface area contributed by atoms with Gasteiger partial charge >= 0.3 is 11.9 Å². The van der Waals surface area contributed by atoms with Crippen molar-refractivity contribution in [1.29, 1.82) is 0 Å². The Hall–Kier alpha value is -5.58. The first-order chi connectivity index (χ1) is 18.3. The number of carboxylic acid groups (broad SMARTS) is 2. The summed E-state index contributed by atoms with van der Waals surface area (Å²) in [6.45, 7) is 1.91. The average molecular weight is 508 g/mol. The van der Waals surface area contributed by atoms with Crippen molar-refractivity contribution < 1.29 is 19.8 Å². The van der Waals surface area contributed by atoms with Gasteiger partial charge in [-0.15, -0.1) is 0 Å². The van der Waals surface area contributed by atoms with Gasteiger partial charge in [-0.2, -0.15) is 15.0 Å². The quantitative estimate of drug-likeness (QED) is 0.184. The maximum Gasteiger partial charge on any atom is 0.335 e. The van der Waals surface area contributed by atoms with Gasteiger partial charge in [0.2, 0.25) is 17.8 Å². The highest BCUT2D eigenvalue weighted by atomic mass is 16.4. The number of anilines is 6. The molecule has 5 aromatic rings. The number of aromatic nitrogens is 4. The highest BCUT2D eigenvalue weighted by molar-refractivity contribution is 5.92. The number of hydrogen-bond acceptors (Lipinski definition) is 9. The molecule has 0 bridgehead atoms. The maximum absolute atomic E-state index is 11.2. The smallest absolute Gasteiger partial charge is 0.335 e. The number of carbonyl (C=O) groups is 2. The van der Waals surface area contributed by atoms with E-state index >= 15 is 0 Å². The number of pyridine rings is 1. The van der Waals surface area contributed by atoms with E-state index in [1.54, 1.807) is 24.3 Å². The summed E-state index contributed by atoms with van der Waals surface area (Å²) in [5.41, 5.74) is 3.77. The second-order valence-corrected chi connectivity index (χ2v) is 8.28. The van der Waals surface area contributed by atoms with E-state index in [1.165, 1.54) is 24.3 Å². The lowest BCUT2D eigenvalue weighted by Gasteiger charge is -2.13. The van der Waals surface area contributed by atoms with E-state index in [0.717, 1.165) is 16.6 Å². The number of hydrogen-bond donors (Lipinski definition) is 5. The Morgan fingerprint density at radius 3 is 1.61 bits per heavy atom. The van der Waals surface area contributed by atoms with Crippen LogP contribution in [0.3, 0.4) is 0 Å². The summed E-state index contributed by atoms with van der Waals surface area (Å²) in [4.78, 5) is 40.4. The van der Waals surface area contributed by atoms with Crippen molar-refractivity contribution in [1.82, 2.24) is 19.9 Å². The molecule has 5 N–H and O–H groups in total. The second kappa shape index (κ2) is 10.2. The van der Waals surface area contributed by atoms with Gasteiger partial charge in [0.15, 0.2) is 0 Å². The lowest BCUT2D eigenvalue weighted by molar-refractivity contribution is 0.0686. The van der Waals surface area contributed by atoms with Gasteiger partial charge in [-0.3, -0.25) is 4.98 Å². The van der Waals surface area contributed by atoms with Crippen LogP contribution in [0.1, 0.15) is 26.4 Å². The molecule has 0 radical (unpaired) electrons. The first kappa shape index (κ1) is 24.1. The summed E-state index contributed by atoms with van der Waals surface area (Å²) in [7, 11) is 0. The Kier molecular flexibility index (Phi) is 6.47. The van der Waals surface area contributed by atoms with Crippen LogP contribution in [0.2, 0.25) is 0 Å². The van der Waals surface area contributed by atoms with Crippen LogP contribution in [-0.4, -0.2) is 42.1 Å². The average Bonchev–Trinajstić information content (AvgIpc) is 2.89. The van der Waals surface area contributed by atoms with Crippen LogP contribution in [0.25, 0.3) is 10.9 Å². The molecule has 0 saturated heterocycles. The molecule has 0 aliphatic heterocycles. The van der Waals surface area contributed by atoms with Crippen molar-refractivity contribution in [2.24, 2.45) is 0 Å². The molecule has 3 aromatic carbocycles. The van der Waals surface area contributed by atoms with E-state index in [9.17, 15) is 9.59 Å². The van der Waals surface area contributed by atoms with Crippen molar-refractivity contribution in [3.05, 3.63) is 95.7 Å². The zero-order chi connectivity index (χ0) is 26.6. The van der Waals surface area contributed by atoms with E-state index in [4.69, 9.17) is 10.2 Å². The number of nitrogens with one attached hydrogen (secondary N) is 3. The zero-order valence-electron chi connectivity index (χ0n) is 20.0. The van der Waals surface area contributed by atoms with Gasteiger partial charge in [0.05, 0.1) is 22.3 Å². The highest BCUT2D eigenvalue weighted by Crippen LogP contribution is 2.26. The SMILES string of the molecule is Cc1ccc2cccc(Nc3nc(Nc4ccc(C(=O)O)cc4)nc(Nc4ccc(C(=O)O)cc4)n3)c2n1. The summed E-state index contributed by atoms with van der Waals surface area (Å²) < 4.78 is 0. The van der Waals surface area contributed by atoms with Gasteiger partial charge in [0.25, 0.3) is 0 Å². The predicted octanol–water partition coefficient (Wildman–Crippen LogP) is 5.36. The molecular formula is C27H21N7O4. The lowest BCUT2D eigenvalue weighted by atomic mass is 10.2. The van der Waals surface area contributed by atoms with Gasteiger partial charge in [-0.05, 0) is 67.6 Å². The minimum absolute atomic E-state index is 0.152. The topological polar surface area (TPSA) is 162 Å². The van der Waals surface area contributed by atoms with Gasteiger partial charge in [-0.1, -0.05) is 18.2 Å². The third kappa shape index (κ3) is 5.46. The molecule has 0 fully saturated rings. The fourth-order valence-electron chi connectivity index (χ4n) is 3.66. The Labute approximate surface area is 216 Å². The van der Waals surface area contributed by atoms with Crippen molar-refractivity contribution >= 4 is 57.7 Å². The van der Waals surface area contributed by atoms with Crippen molar-refractivity contribution in [2.75, 3.05) is 16.0 Å². The molecule has 0 aliphatic carbocycles. The van der Waals surface area contributed by atoms with E-state index < -0.39 is 11.9 Å². The maximum atomic E-state index is 11.2. The van der Waals surface area contributed by atoms with Gasteiger partial charge in [-0.25, -0.2) is 9.59 Å². The Balaban J connectivity index is 1.50. The molecule has 188 valence electrons. The van der Waals surface area contributed by atoms with Crippen LogP contribution in [0.5, 0.6) is 0 Å². The van der Waals surface area contributed by atoms with Crippen LogP contribution in [-0.2, 0) is 0 Å². The fraction of sp³-hybridized carbons (Fsp3) is 0.0370. The molecule has 0 spiro atoms. The molecule has 0 amide bonds. The summed E-state index contributed by atoms with van der Waals surface area (Å²) in [5.74, 6) is -1.44. The molecule has 5 rings (SSSR count). The van der Waals surface area contributed by atoms with Crippen molar-refractivity contribution in [3.8, 4) is 0 Å². The molecule has 38 heavy (non-hydrogen) atoms. The third-order valence-electron chi connectivity index (χ3n) is 5.52.